The van der Waals surface area contributed by atoms with E-state index >= 15 is 0 Å². The lowest BCUT2D eigenvalue weighted by molar-refractivity contribution is -0.136. The minimum Gasteiger partial charge on any atom is -0.481 e. The third kappa shape index (κ3) is 2.05. The monoisotopic (exact) mass is 219 g/mol. The van der Waals surface area contributed by atoms with Gasteiger partial charge < -0.3 is 10.3 Å². The Labute approximate surface area is 93.2 Å². The summed E-state index contributed by atoms with van der Waals surface area (Å²) in [5.74, 6) is -0.795. The maximum atomic E-state index is 10.5. The lowest BCUT2D eigenvalue weighted by Gasteiger charge is -2.03. The van der Waals surface area contributed by atoms with Crippen molar-refractivity contribution < 1.29 is 15.1 Å². The van der Waals surface area contributed by atoms with Gasteiger partial charge >= 0.3 is 5.97 Å². The molecule has 1 aromatic carbocycles. The van der Waals surface area contributed by atoms with Crippen LogP contribution in [-0.2, 0) is 17.6 Å². The molecule has 0 bridgehead atoms. The number of aliphatic carboxylic acids is 1. The van der Waals surface area contributed by atoms with E-state index in [-0.39, 0.29) is 6.42 Å². The molecule has 84 valence electrons. The summed E-state index contributed by atoms with van der Waals surface area (Å²) in [7, 11) is 0. The molecule has 2 rings (SSSR count). The Morgan fingerprint density at radius 3 is 2.88 bits per heavy atom. The fourth-order valence-electron chi connectivity index (χ4n) is 2.01. The summed E-state index contributed by atoms with van der Waals surface area (Å²) in [4.78, 5) is 10.5. The molecule has 0 heterocycles. The van der Waals surface area contributed by atoms with Crippen molar-refractivity contribution in [1.82, 2.24) is 0 Å². The molecule has 0 aliphatic heterocycles. The van der Waals surface area contributed by atoms with Gasteiger partial charge in [0.25, 0.3) is 0 Å². The van der Waals surface area contributed by atoms with Gasteiger partial charge in [0, 0.05) is 12.0 Å². The SMILES string of the molecule is O=C(O)CCc1ccc2c(c1)/C(=N\O)CC2. The van der Waals surface area contributed by atoms with Crippen molar-refractivity contribution >= 4 is 11.7 Å². The molecule has 4 nitrogen and oxygen atoms in total. The Bertz CT molecular complexity index is 452. The zero-order valence-electron chi connectivity index (χ0n) is 8.81. The summed E-state index contributed by atoms with van der Waals surface area (Å²) < 4.78 is 0. The van der Waals surface area contributed by atoms with Gasteiger partial charge in [0.15, 0.2) is 0 Å². The van der Waals surface area contributed by atoms with Crippen LogP contribution in [0.5, 0.6) is 0 Å². The lowest BCUT2D eigenvalue weighted by atomic mass is 10.0. The van der Waals surface area contributed by atoms with E-state index in [4.69, 9.17) is 10.3 Å². The van der Waals surface area contributed by atoms with E-state index in [1.807, 2.05) is 18.2 Å². The molecule has 0 unspecified atom stereocenters. The molecule has 0 amide bonds. The first-order valence-corrected chi connectivity index (χ1v) is 5.25. The largest absolute Gasteiger partial charge is 0.481 e. The summed E-state index contributed by atoms with van der Waals surface area (Å²) in [6, 6.07) is 5.87. The van der Waals surface area contributed by atoms with Crippen molar-refractivity contribution in [2.24, 2.45) is 5.16 Å². The first-order chi connectivity index (χ1) is 7.70. The second-order valence-corrected chi connectivity index (χ2v) is 3.93. The molecule has 0 aromatic heterocycles. The molecule has 2 N–H and O–H groups in total. The molecular weight excluding hydrogens is 206 g/mol. The van der Waals surface area contributed by atoms with Crippen LogP contribution in [0.15, 0.2) is 23.4 Å². The number of oxime groups is 1. The van der Waals surface area contributed by atoms with Gasteiger partial charge in [0.1, 0.15) is 0 Å². The van der Waals surface area contributed by atoms with Gasteiger partial charge in [-0.25, -0.2) is 0 Å². The van der Waals surface area contributed by atoms with Crippen molar-refractivity contribution in [2.75, 3.05) is 0 Å². The fourth-order valence-corrected chi connectivity index (χ4v) is 2.01. The summed E-state index contributed by atoms with van der Waals surface area (Å²) in [5.41, 5.74) is 3.81. The number of aryl methyl sites for hydroxylation is 2. The Morgan fingerprint density at radius 1 is 1.38 bits per heavy atom. The highest BCUT2D eigenvalue weighted by Gasteiger charge is 2.18. The van der Waals surface area contributed by atoms with E-state index in [0.717, 1.165) is 24.0 Å². The predicted octanol–water partition coefficient (Wildman–Crippen LogP) is 1.83. The zero-order valence-corrected chi connectivity index (χ0v) is 8.81. The van der Waals surface area contributed by atoms with Crippen LogP contribution in [0.25, 0.3) is 0 Å². The van der Waals surface area contributed by atoms with Crippen LogP contribution in [0.4, 0.5) is 0 Å². The Balaban J connectivity index is 2.22. The van der Waals surface area contributed by atoms with Crippen LogP contribution >= 0.6 is 0 Å². The van der Waals surface area contributed by atoms with E-state index in [1.165, 1.54) is 5.56 Å². The number of hydrogen-bond donors (Lipinski definition) is 2. The van der Waals surface area contributed by atoms with E-state index < -0.39 is 5.97 Å². The number of carboxylic acids is 1. The van der Waals surface area contributed by atoms with E-state index in [1.54, 1.807) is 0 Å². The summed E-state index contributed by atoms with van der Waals surface area (Å²) in [6.45, 7) is 0. The standard InChI is InChI=1S/C12H13NO3/c14-12(15)6-2-8-1-3-9-4-5-11(13-16)10(9)7-8/h1,3,7,16H,2,4-6H2,(H,14,15)/b13-11-. The van der Waals surface area contributed by atoms with Gasteiger partial charge in [-0.15, -0.1) is 0 Å². The predicted molar refractivity (Wildman–Crippen MR) is 59.0 cm³/mol. The first-order valence-electron chi connectivity index (χ1n) is 5.25. The summed E-state index contributed by atoms with van der Waals surface area (Å²) in [5, 5.41) is 20.7. The van der Waals surface area contributed by atoms with Crippen molar-refractivity contribution in [3.63, 3.8) is 0 Å². The van der Waals surface area contributed by atoms with Crippen LogP contribution in [0.3, 0.4) is 0 Å². The third-order valence-corrected chi connectivity index (χ3v) is 2.86. The summed E-state index contributed by atoms with van der Waals surface area (Å²) >= 11 is 0. The normalized spacial score (nSPS) is 16.4. The van der Waals surface area contributed by atoms with Gasteiger partial charge in [0.2, 0.25) is 0 Å². The first kappa shape index (κ1) is 10.7. The maximum absolute atomic E-state index is 10.5. The number of carbonyl (C=O) groups is 1. The minimum absolute atomic E-state index is 0.129. The number of carboxylic acid groups (broad SMARTS) is 1. The van der Waals surface area contributed by atoms with E-state index in [0.29, 0.717) is 12.1 Å². The van der Waals surface area contributed by atoms with E-state index in [9.17, 15) is 4.79 Å². The van der Waals surface area contributed by atoms with Crippen LogP contribution in [0.1, 0.15) is 29.5 Å². The van der Waals surface area contributed by atoms with Gasteiger partial charge in [-0.05, 0) is 36.5 Å². The highest BCUT2D eigenvalue weighted by molar-refractivity contribution is 6.04. The highest BCUT2D eigenvalue weighted by Crippen LogP contribution is 2.24. The van der Waals surface area contributed by atoms with Crippen molar-refractivity contribution in [3.05, 3.63) is 34.9 Å². The average molecular weight is 219 g/mol. The van der Waals surface area contributed by atoms with Crippen LogP contribution in [0.2, 0.25) is 0 Å². The number of nitrogens with zero attached hydrogens (tertiary/aromatic N) is 1. The third-order valence-electron chi connectivity index (χ3n) is 2.86. The number of benzene rings is 1. The Hall–Kier alpha value is -1.84. The molecule has 16 heavy (non-hydrogen) atoms. The maximum Gasteiger partial charge on any atom is 0.303 e. The van der Waals surface area contributed by atoms with Crippen molar-refractivity contribution in [3.8, 4) is 0 Å². The van der Waals surface area contributed by atoms with Crippen molar-refractivity contribution in [2.45, 2.75) is 25.7 Å². The highest BCUT2D eigenvalue weighted by atomic mass is 16.4. The average Bonchev–Trinajstić information content (AvgIpc) is 2.68. The lowest BCUT2D eigenvalue weighted by Crippen LogP contribution is -2.00. The quantitative estimate of drug-likeness (QED) is 0.601. The zero-order chi connectivity index (χ0) is 11.5. The molecule has 0 spiro atoms. The van der Waals surface area contributed by atoms with Gasteiger partial charge in [0.05, 0.1) is 5.71 Å². The van der Waals surface area contributed by atoms with Crippen LogP contribution in [0, 0.1) is 0 Å². The number of rotatable bonds is 3. The molecule has 0 saturated heterocycles. The fraction of sp³-hybridized carbons (Fsp3) is 0.333. The Morgan fingerprint density at radius 2 is 2.19 bits per heavy atom. The van der Waals surface area contributed by atoms with Gasteiger partial charge in [-0.1, -0.05) is 17.3 Å². The molecule has 1 aliphatic rings. The molecule has 0 atom stereocenters. The molecule has 1 aliphatic carbocycles. The number of hydrogen-bond acceptors (Lipinski definition) is 3. The molecule has 0 fully saturated rings. The summed E-state index contributed by atoms with van der Waals surface area (Å²) in [6.07, 6.45) is 2.30. The molecule has 4 heteroatoms. The Kier molecular flexibility index (Phi) is 2.90. The second kappa shape index (κ2) is 4.35. The molecule has 0 radical (unpaired) electrons. The minimum atomic E-state index is -0.795. The topological polar surface area (TPSA) is 69.9 Å². The second-order valence-electron chi connectivity index (χ2n) is 3.93. The van der Waals surface area contributed by atoms with Gasteiger partial charge in [-0.3, -0.25) is 4.79 Å². The molecule has 1 aromatic rings. The van der Waals surface area contributed by atoms with Crippen LogP contribution in [-0.4, -0.2) is 22.0 Å². The van der Waals surface area contributed by atoms with Crippen LogP contribution < -0.4 is 0 Å². The smallest absolute Gasteiger partial charge is 0.303 e. The molecule has 0 saturated carbocycles. The van der Waals surface area contributed by atoms with E-state index in [2.05, 4.69) is 5.16 Å². The molecular formula is C12H13NO3. The van der Waals surface area contributed by atoms with Crippen molar-refractivity contribution in [1.29, 1.82) is 0 Å². The number of fused-ring (bicyclic) bond motifs is 1. The van der Waals surface area contributed by atoms with Gasteiger partial charge in [-0.2, -0.15) is 0 Å².